The van der Waals surface area contributed by atoms with E-state index >= 15 is 0 Å². The van der Waals surface area contributed by atoms with E-state index in [1.54, 1.807) is 22.7 Å². The third-order valence-electron chi connectivity index (χ3n) is 3.29. The number of benzene rings is 1. The number of aliphatic hydroxyl groups is 1. The molecule has 1 aromatic carbocycles. The first-order valence-electron chi connectivity index (χ1n) is 6.86. The van der Waals surface area contributed by atoms with Crippen LogP contribution in [0.3, 0.4) is 0 Å². The van der Waals surface area contributed by atoms with Crippen molar-refractivity contribution in [3.63, 3.8) is 0 Å². The van der Waals surface area contributed by atoms with Crippen LogP contribution in [0.25, 0.3) is 10.4 Å². The zero-order valence-electron chi connectivity index (χ0n) is 11.6. The average Bonchev–Trinajstić information content (AvgIpc) is 3.19. The number of nitrogens with one attached hydrogen (secondary N) is 1. The van der Waals surface area contributed by atoms with Crippen molar-refractivity contribution in [3.05, 3.63) is 69.2 Å². The molecule has 0 atom stereocenters. The van der Waals surface area contributed by atoms with Crippen LogP contribution in [0, 0.1) is 0 Å². The van der Waals surface area contributed by atoms with Crippen molar-refractivity contribution < 1.29 is 5.11 Å². The van der Waals surface area contributed by atoms with Crippen LogP contribution in [0.15, 0.2) is 53.2 Å². The molecule has 0 fully saturated rings. The lowest BCUT2D eigenvalue weighted by Gasteiger charge is -2.04. The average molecular weight is 315 g/mol. The summed E-state index contributed by atoms with van der Waals surface area (Å²) in [6.45, 7) is 1.84. The summed E-state index contributed by atoms with van der Waals surface area (Å²) >= 11 is 3.58. The Morgan fingerprint density at radius 2 is 1.76 bits per heavy atom. The van der Waals surface area contributed by atoms with Gasteiger partial charge in [0.1, 0.15) is 0 Å². The Morgan fingerprint density at radius 3 is 2.48 bits per heavy atom. The Balaban J connectivity index is 1.53. The standard InChI is InChI=1S/C17H17NOS2/c19-11-14-5-3-13(4-6-14)9-18-10-16-8-15(12-21-16)17-2-1-7-20-17/h1-8,12,18-19H,9-11H2. The minimum atomic E-state index is 0.106. The minimum Gasteiger partial charge on any atom is -0.392 e. The second kappa shape index (κ2) is 7.00. The van der Waals surface area contributed by atoms with Gasteiger partial charge in [-0.15, -0.1) is 22.7 Å². The van der Waals surface area contributed by atoms with Gasteiger partial charge in [-0.1, -0.05) is 30.3 Å². The van der Waals surface area contributed by atoms with Gasteiger partial charge in [0.2, 0.25) is 0 Å². The highest BCUT2D eigenvalue weighted by atomic mass is 32.1. The molecule has 3 aromatic rings. The molecule has 0 saturated heterocycles. The van der Waals surface area contributed by atoms with Crippen LogP contribution in [0.2, 0.25) is 0 Å². The van der Waals surface area contributed by atoms with Crippen LogP contribution in [0.5, 0.6) is 0 Å². The van der Waals surface area contributed by atoms with Gasteiger partial charge in [-0.3, -0.25) is 0 Å². The monoisotopic (exact) mass is 315 g/mol. The van der Waals surface area contributed by atoms with Crippen LogP contribution in [-0.2, 0) is 19.7 Å². The number of rotatable bonds is 6. The van der Waals surface area contributed by atoms with Gasteiger partial charge in [0.05, 0.1) is 6.61 Å². The molecule has 0 amide bonds. The lowest BCUT2D eigenvalue weighted by Crippen LogP contribution is -2.11. The lowest BCUT2D eigenvalue weighted by molar-refractivity contribution is 0.282. The first kappa shape index (κ1) is 14.5. The lowest BCUT2D eigenvalue weighted by atomic mass is 10.1. The van der Waals surface area contributed by atoms with Crippen LogP contribution >= 0.6 is 22.7 Å². The highest BCUT2D eigenvalue weighted by Crippen LogP contribution is 2.29. The Morgan fingerprint density at radius 1 is 0.952 bits per heavy atom. The van der Waals surface area contributed by atoms with Gasteiger partial charge in [0.25, 0.3) is 0 Å². The molecule has 2 aromatic heterocycles. The fraction of sp³-hybridized carbons (Fsp3) is 0.176. The zero-order valence-corrected chi connectivity index (χ0v) is 13.2. The molecular formula is C17H17NOS2. The molecule has 2 nitrogen and oxygen atoms in total. The summed E-state index contributed by atoms with van der Waals surface area (Å²) in [6, 6.07) is 14.6. The third kappa shape index (κ3) is 3.80. The quantitative estimate of drug-likeness (QED) is 0.712. The van der Waals surface area contributed by atoms with E-state index in [4.69, 9.17) is 5.11 Å². The first-order chi connectivity index (χ1) is 10.3. The molecular weight excluding hydrogens is 298 g/mol. The second-order valence-corrected chi connectivity index (χ2v) is 6.80. The Bertz CT molecular complexity index is 671. The zero-order chi connectivity index (χ0) is 14.5. The van der Waals surface area contributed by atoms with Crippen molar-refractivity contribution in [1.29, 1.82) is 0 Å². The highest BCUT2D eigenvalue weighted by molar-refractivity contribution is 7.14. The van der Waals surface area contributed by atoms with E-state index < -0.39 is 0 Å². The molecule has 0 saturated carbocycles. The summed E-state index contributed by atoms with van der Waals surface area (Å²) in [4.78, 5) is 2.68. The Kier molecular flexibility index (Phi) is 4.83. The van der Waals surface area contributed by atoms with Gasteiger partial charge in [-0.2, -0.15) is 0 Å². The van der Waals surface area contributed by atoms with Gasteiger partial charge >= 0.3 is 0 Å². The van der Waals surface area contributed by atoms with Gasteiger partial charge in [-0.05, 0) is 34.0 Å². The van der Waals surface area contributed by atoms with E-state index in [1.165, 1.54) is 20.9 Å². The summed E-state index contributed by atoms with van der Waals surface area (Å²) in [5.41, 5.74) is 3.51. The van der Waals surface area contributed by atoms with Crippen LogP contribution in [0.4, 0.5) is 0 Å². The first-order valence-corrected chi connectivity index (χ1v) is 8.62. The van der Waals surface area contributed by atoms with E-state index in [1.807, 2.05) is 12.1 Å². The van der Waals surface area contributed by atoms with Gasteiger partial charge in [-0.25, -0.2) is 0 Å². The summed E-state index contributed by atoms with van der Waals surface area (Å²) in [6.07, 6.45) is 0. The van der Waals surface area contributed by atoms with E-state index in [0.29, 0.717) is 0 Å². The van der Waals surface area contributed by atoms with Crippen LogP contribution < -0.4 is 5.32 Å². The Hall–Kier alpha value is -1.46. The summed E-state index contributed by atoms with van der Waals surface area (Å²) in [7, 11) is 0. The molecule has 0 aliphatic rings. The van der Waals surface area contributed by atoms with Crippen LogP contribution in [0.1, 0.15) is 16.0 Å². The van der Waals surface area contributed by atoms with Crippen molar-refractivity contribution in [3.8, 4) is 10.4 Å². The van der Waals surface area contributed by atoms with Crippen molar-refractivity contribution in [2.45, 2.75) is 19.7 Å². The van der Waals surface area contributed by atoms with Crippen molar-refractivity contribution in [1.82, 2.24) is 5.32 Å². The van der Waals surface area contributed by atoms with Crippen molar-refractivity contribution in [2.24, 2.45) is 0 Å². The molecule has 21 heavy (non-hydrogen) atoms. The molecule has 108 valence electrons. The van der Waals surface area contributed by atoms with E-state index in [9.17, 15) is 0 Å². The molecule has 0 aliphatic carbocycles. The van der Waals surface area contributed by atoms with E-state index in [-0.39, 0.29) is 6.61 Å². The molecule has 0 spiro atoms. The van der Waals surface area contributed by atoms with E-state index in [0.717, 1.165) is 18.7 Å². The van der Waals surface area contributed by atoms with E-state index in [2.05, 4.69) is 46.4 Å². The maximum absolute atomic E-state index is 9.02. The predicted molar refractivity (Wildman–Crippen MR) is 90.5 cm³/mol. The maximum atomic E-state index is 9.02. The third-order valence-corrected chi connectivity index (χ3v) is 5.15. The van der Waals surface area contributed by atoms with Gasteiger partial charge in [0.15, 0.2) is 0 Å². The topological polar surface area (TPSA) is 32.3 Å². The molecule has 0 unspecified atom stereocenters. The molecule has 4 heteroatoms. The molecule has 3 rings (SSSR count). The number of thiophene rings is 2. The maximum Gasteiger partial charge on any atom is 0.0681 e. The number of hydrogen-bond donors (Lipinski definition) is 2. The fourth-order valence-corrected chi connectivity index (χ4v) is 3.78. The van der Waals surface area contributed by atoms with Crippen LogP contribution in [-0.4, -0.2) is 5.11 Å². The molecule has 0 aliphatic heterocycles. The summed E-state index contributed by atoms with van der Waals surface area (Å²) < 4.78 is 0. The molecule has 2 N–H and O–H groups in total. The summed E-state index contributed by atoms with van der Waals surface area (Å²) in [5, 5.41) is 16.8. The smallest absolute Gasteiger partial charge is 0.0681 e. The molecule has 2 heterocycles. The van der Waals surface area contributed by atoms with Crippen molar-refractivity contribution >= 4 is 22.7 Å². The largest absolute Gasteiger partial charge is 0.392 e. The normalized spacial score (nSPS) is 10.9. The SMILES string of the molecule is OCc1ccc(CNCc2cc(-c3cccs3)cs2)cc1. The minimum absolute atomic E-state index is 0.106. The van der Waals surface area contributed by atoms with Crippen molar-refractivity contribution in [2.75, 3.05) is 0 Å². The second-order valence-electron chi connectivity index (χ2n) is 4.86. The number of aliphatic hydroxyl groups excluding tert-OH is 1. The number of hydrogen-bond acceptors (Lipinski definition) is 4. The van der Waals surface area contributed by atoms with Gasteiger partial charge in [0, 0.05) is 28.4 Å². The predicted octanol–water partition coefficient (Wildman–Crippen LogP) is 4.26. The Labute approximate surface area is 132 Å². The van der Waals surface area contributed by atoms with Gasteiger partial charge < -0.3 is 10.4 Å². The summed E-state index contributed by atoms with van der Waals surface area (Å²) in [5.74, 6) is 0. The molecule has 0 bridgehead atoms. The highest BCUT2D eigenvalue weighted by Gasteiger charge is 2.03. The fourth-order valence-electron chi connectivity index (χ4n) is 2.14. The molecule has 0 radical (unpaired) electrons.